The lowest BCUT2D eigenvalue weighted by Gasteiger charge is -2.44. The first-order valence-electron chi connectivity index (χ1n) is 8.46. The maximum atomic E-state index is 10.7. The lowest BCUT2D eigenvalue weighted by atomic mass is 10.3. The van der Waals surface area contributed by atoms with Crippen LogP contribution in [0.25, 0.3) is 0 Å². The molecule has 0 bridgehead atoms. The Hall–Kier alpha value is -2.41. The van der Waals surface area contributed by atoms with Crippen molar-refractivity contribution < 1.29 is 26.1 Å². The number of para-hydroxylation sites is 1. The Balaban J connectivity index is 0.000000258. The van der Waals surface area contributed by atoms with Crippen LogP contribution in [0.5, 0.6) is 0 Å². The Kier molecular flexibility index (Phi) is 5.72. The van der Waals surface area contributed by atoms with Crippen LogP contribution < -0.4 is 20.6 Å². The summed E-state index contributed by atoms with van der Waals surface area (Å²) >= 11 is 0. The molecule has 4 nitrogen and oxygen atoms in total. The van der Waals surface area contributed by atoms with Crippen molar-refractivity contribution in [2.75, 3.05) is 11.7 Å². The number of hydrogen-bond acceptors (Lipinski definition) is 4. The van der Waals surface area contributed by atoms with E-state index in [1.807, 2.05) is 0 Å². The Labute approximate surface area is 167 Å². The predicted molar refractivity (Wildman–Crippen MR) is 109 cm³/mol. The average molecular weight is 439 g/mol. The van der Waals surface area contributed by atoms with Crippen molar-refractivity contribution in [3.05, 3.63) is 84.9 Å². The van der Waals surface area contributed by atoms with Gasteiger partial charge in [0.05, 0.1) is 0 Å². The van der Waals surface area contributed by atoms with Gasteiger partial charge in [-0.1, -0.05) is 48.5 Å². The van der Waals surface area contributed by atoms with Crippen LogP contribution >= 0.6 is 7.41 Å². The molecule has 0 aliphatic carbocycles. The maximum Gasteiger partial charge on any atom is 0.485 e. The Morgan fingerprint density at radius 1 is 0.793 bits per heavy atom. The van der Waals surface area contributed by atoms with E-state index >= 15 is 0 Å². The highest BCUT2D eigenvalue weighted by Gasteiger charge is 2.59. The minimum Gasteiger partial charge on any atom is -0.741 e. The van der Waals surface area contributed by atoms with E-state index in [1.54, 1.807) is 0 Å². The molecule has 0 N–H and O–H groups in total. The van der Waals surface area contributed by atoms with Crippen molar-refractivity contribution >= 4 is 39.1 Å². The Bertz CT molecular complexity index is 1050. The van der Waals surface area contributed by atoms with E-state index in [0.29, 0.717) is 0 Å². The summed E-state index contributed by atoms with van der Waals surface area (Å²) in [6, 6.07) is 30.7. The molecular formula is C20H17F3NO3PS. The maximum absolute atomic E-state index is 10.7. The van der Waals surface area contributed by atoms with E-state index < -0.39 is 23.0 Å². The number of benzene rings is 3. The number of hydrogen-bond donors (Lipinski definition) is 0. The van der Waals surface area contributed by atoms with E-state index in [2.05, 4.69) is 96.6 Å². The molecule has 3 aromatic carbocycles. The van der Waals surface area contributed by atoms with Gasteiger partial charge in [-0.2, -0.15) is 13.2 Å². The van der Waals surface area contributed by atoms with Gasteiger partial charge in [0, 0.05) is 7.05 Å². The lowest BCUT2D eigenvalue weighted by molar-refractivity contribution is -0.0517. The van der Waals surface area contributed by atoms with Gasteiger partial charge in [0.25, 0.3) is 0 Å². The van der Waals surface area contributed by atoms with Gasteiger partial charge in [-0.3, -0.25) is 0 Å². The quantitative estimate of drug-likeness (QED) is 0.349. The van der Waals surface area contributed by atoms with Gasteiger partial charge in [0.15, 0.2) is 15.4 Å². The summed E-state index contributed by atoms with van der Waals surface area (Å²) in [6.45, 7) is 0. The van der Waals surface area contributed by atoms with Crippen molar-refractivity contribution in [3.63, 3.8) is 0 Å². The van der Waals surface area contributed by atoms with Crippen molar-refractivity contribution in [2.24, 2.45) is 0 Å². The number of anilines is 1. The molecule has 0 amide bonds. The molecule has 152 valence electrons. The summed E-state index contributed by atoms with van der Waals surface area (Å²) in [5, 5.41) is 4.35. The fourth-order valence-electron chi connectivity index (χ4n) is 3.35. The molecule has 0 spiro atoms. The second kappa shape index (κ2) is 7.78. The van der Waals surface area contributed by atoms with Crippen LogP contribution in [0, 0.1) is 0 Å². The average Bonchev–Trinajstić information content (AvgIpc) is 2.69. The van der Waals surface area contributed by atoms with Gasteiger partial charge < -0.3 is 4.55 Å². The van der Waals surface area contributed by atoms with Gasteiger partial charge in [0.2, 0.25) is 7.41 Å². The molecule has 1 heterocycles. The zero-order valence-corrected chi connectivity index (χ0v) is 17.0. The van der Waals surface area contributed by atoms with Gasteiger partial charge in [-0.15, -0.1) is 0 Å². The van der Waals surface area contributed by atoms with Crippen LogP contribution in [-0.4, -0.2) is 25.5 Å². The minimum atomic E-state index is -6.09. The molecule has 1 aliphatic heterocycles. The first-order chi connectivity index (χ1) is 13.6. The van der Waals surface area contributed by atoms with Crippen LogP contribution in [0.2, 0.25) is 0 Å². The van der Waals surface area contributed by atoms with Crippen LogP contribution in [0.3, 0.4) is 0 Å². The van der Waals surface area contributed by atoms with E-state index in [1.165, 1.54) is 21.6 Å². The standard InChI is InChI=1S/C19H17NP.CHF3O3S/c1-20-18-14-8-9-15-19(18)21(20,16-10-4-2-5-11-16)17-12-6-3-7-13-17;2-1(3,4)8(5,6)7/h2-15H,1H3;(H,5,6,7)/q+1;/p-1. The fraction of sp³-hybridized carbons (Fsp3) is 0.100. The monoisotopic (exact) mass is 439 g/mol. The Morgan fingerprint density at radius 2 is 1.17 bits per heavy atom. The molecule has 0 unspecified atom stereocenters. The molecule has 0 aromatic heterocycles. The molecule has 0 atom stereocenters. The summed E-state index contributed by atoms with van der Waals surface area (Å²) in [7, 11) is -5.48. The van der Waals surface area contributed by atoms with Crippen molar-refractivity contribution in [2.45, 2.75) is 5.51 Å². The molecule has 0 saturated heterocycles. The normalized spacial score (nSPS) is 14.9. The SMILES string of the molecule is CN1c2ccccc2[P+]1(c1ccccc1)c1ccccc1.O=S(=O)([O-])C(F)(F)F. The molecule has 29 heavy (non-hydrogen) atoms. The Morgan fingerprint density at radius 3 is 1.59 bits per heavy atom. The number of fused-ring (bicyclic) bond motifs is 1. The molecular weight excluding hydrogens is 422 g/mol. The summed E-state index contributed by atoms with van der Waals surface area (Å²) in [5.41, 5.74) is -4.29. The fourth-order valence-corrected chi connectivity index (χ4v) is 7.64. The zero-order valence-electron chi connectivity index (χ0n) is 15.2. The van der Waals surface area contributed by atoms with Crippen LogP contribution in [0.15, 0.2) is 84.9 Å². The van der Waals surface area contributed by atoms with E-state index in [-0.39, 0.29) is 0 Å². The highest BCUT2D eigenvalue weighted by molar-refractivity contribution is 7.99. The van der Waals surface area contributed by atoms with Gasteiger partial charge >= 0.3 is 5.51 Å². The highest BCUT2D eigenvalue weighted by Crippen LogP contribution is 2.67. The van der Waals surface area contributed by atoms with E-state index in [4.69, 9.17) is 13.0 Å². The minimum absolute atomic E-state index is 1.36. The molecule has 0 radical (unpaired) electrons. The summed E-state index contributed by atoms with van der Waals surface area (Å²) in [6.07, 6.45) is 0. The number of nitrogens with zero attached hydrogens (tertiary/aromatic N) is 1. The second-order valence-electron chi connectivity index (χ2n) is 6.22. The lowest BCUT2D eigenvalue weighted by Crippen LogP contribution is -2.51. The molecule has 0 fully saturated rings. The number of alkyl halides is 3. The third kappa shape index (κ3) is 3.75. The van der Waals surface area contributed by atoms with Crippen LogP contribution in [0.1, 0.15) is 0 Å². The third-order valence-electron chi connectivity index (χ3n) is 4.57. The third-order valence-corrected chi connectivity index (χ3v) is 9.42. The van der Waals surface area contributed by atoms with E-state index in [9.17, 15) is 13.2 Å². The van der Waals surface area contributed by atoms with Crippen LogP contribution in [0.4, 0.5) is 18.9 Å². The second-order valence-corrected chi connectivity index (χ2v) is 11.0. The topological polar surface area (TPSA) is 60.4 Å². The van der Waals surface area contributed by atoms with Crippen molar-refractivity contribution in [3.8, 4) is 0 Å². The summed E-state index contributed by atoms with van der Waals surface area (Å²) in [4.78, 5) is 0. The summed E-state index contributed by atoms with van der Waals surface area (Å²) < 4.78 is 61.4. The zero-order chi connectivity index (χ0) is 21.3. The smallest absolute Gasteiger partial charge is 0.485 e. The molecule has 3 aromatic rings. The highest BCUT2D eigenvalue weighted by atomic mass is 32.2. The molecule has 9 heteroatoms. The molecule has 0 saturated carbocycles. The van der Waals surface area contributed by atoms with Gasteiger partial charge in [-0.05, 0) is 36.4 Å². The first kappa shape index (κ1) is 21.3. The van der Waals surface area contributed by atoms with Gasteiger partial charge in [-0.25, -0.2) is 13.1 Å². The van der Waals surface area contributed by atoms with E-state index in [0.717, 1.165) is 0 Å². The van der Waals surface area contributed by atoms with Crippen molar-refractivity contribution in [1.29, 1.82) is 0 Å². The first-order valence-corrected chi connectivity index (χ1v) is 11.6. The van der Waals surface area contributed by atoms with Crippen molar-refractivity contribution in [1.82, 2.24) is 0 Å². The number of halogens is 3. The molecule has 1 aliphatic rings. The largest absolute Gasteiger partial charge is 0.741 e. The van der Waals surface area contributed by atoms with Gasteiger partial charge in [0.1, 0.15) is 16.3 Å². The summed E-state index contributed by atoms with van der Waals surface area (Å²) in [5.74, 6) is 0. The number of rotatable bonds is 2. The van der Waals surface area contributed by atoms with Crippen LogP contribution in [-0.2, 0) is 10.1 Å². The molecule has 4 rings (SSSR count). The predicted octanol–water partition coefficient (Wildman–Crippen LogP) is 3.40.